The lowest BCUT2D eigenvalue weighted by molar-refractivity contribution is 0.414. The summed E-state index contributed by atoms with van der Waals surface area (Å²) in [6.45, 7) is 0.597. The maximum Gasteiger partial charge on any atom is 0.315 e. The molecular weight excluding hydrogens is 254 g/mol. The average Bonchev–Trinajstić information content (AvgIpc) is 2.85. The van der Waals surface area contributed by atoms with Crippen molar-refractivity contribution in [2.75, 3.05) is 18.3 Å². The van der Waals surface area contributed by atoms with Crippen LogP contribution in [0, 0.1) is 0 Å². The molecule has 0 aliphatic heterocycles. The molecule has 5 nitrogen and oxygen atoms in total. The van der Waals surface area contributed by atoms with Gasteiger partial charge in [0.05, 0.1) is 7.11 Å². The molecule has 0 unspecified atom stereocenters. The molecule has 0 bridgehead atoms. The quantitative estimate of drug-likeness (QED) is 0.815. The van der Waals surface area contributed by atoms with E-state index >= 15 is 0 Å². The van der Waals surface area contributed by atoms with Crippen LogP contribution in [0.2, 0.25) is 0 Å². The number of hydrogen-bond acceptors (Lipinski definition) is 5. The second-order valence-electron chi connectivity index (χ2n) is 3.65. The molecule has 0 amide bonds. The highest BCUT2D eigenvalue weighted by molar-refractivity contribution is 6.17. The van der Waals surface area contributed by atoms with Gasteiger partial charge in [0, 0.05) is 18.8 Å². The Labute approximate surface area is 110 Å². The highest BCUT2D eigenvalue weighted by Crippen LogP contribution is 2.14. The monoisotopic (exact) mass is 267 g/mol. The molecule has 0 atom stereocenters. The predicted molar refractivity (Wildman–Crippen MR) is 69.0 cm³/mol. The molecule has 6 heteroatoms. The van der Waals surface area contributed by atoms with Crippen molar-refractivity contribution in [1.82, 2.24) is 10.2 Å². The molecule has 1 N–H and O–H groups in total. The lowest BCUT2D eigenvalue weighted by Gasteiger charge is -2.04. The van der Waals surface area contributed by atoms with Crippen LogP contribution in [0.5, 0.6) is 5.75 Å². The molecule has 0 aliphatic carbocycles. The first kappa shape index (κ1) is 12.7. The Morgan fingerprint density at radius 1 is 1.39 bits per heavy atom. The van der Waals surface area contributed by atoms with Crippen molar-refractivity contribution in [2.24, 2.45) is 0 Å². The highest BCUT2D eigenvalue weighted by atomic mass is 35.5. The fraction of sp³-hybridized carbons (Fsp3) is 0.333. The van der Waals surface area contributed by atoms with E-state index < -0.39 is 0 Å². The van der Waals surface area contributed by atoms with Crippen molar-refractivity contribution in [1.29, 1.82) is 0 Å². The first-order valence-corrected chi connectivity index (χ1v) is 6.10. The minimum Gasteiger partial charge on any atom is -0.497 e. The van der Waals surface area contributed by atoms with E-state index in [0.29, 0.717) is 30.8 Å². The summed E-state index contributed by atoms with van der Waals surface area (Å²) in [5.74, 6) is 1.83. The second kappa shape index (κ2) is 6.26. The van der Waals surface area contributed by atoms with Crippen LogP contribution in [-0.4, -0.2) is 23.2 Å². The Morgan fingerprint density at radius 3 is 3.06 bits per heavy atom. The topological polar surface area (TPSA) is 60.2 Å². The minimum atomic E-state index is 0.401. The Morgan fingerprint density at radius 2 is 2.28 bits per heavy atom. The number of benzene rings is 1. The molecule has 2 rings (SSSR count). The van der Waals surface area contributed by atoms with Gasteiger partial charge in [0.25, 0.3) is 0 Å². The molecule has 0 radical (unpaired) electrons. The van der Waals surface area contributed by atoms with E-state index in [1.54, 1.807) is 7.11 Å². The molecule has 0 saturated carbocycles. The molecule has 96 valence electrons. The third kappa shape index (κ3) is 3.37. The zero-order chi connectivity index (χ0) is 12.8. The van der Waals surface area contributed by atoms with E-state index in [2.05, 4.69) is 15.5 Å². The summed E-state index contributed by atoms with van der Waals surface area (Å²) >= 11 is 5.59. The van der Waals surface area contributed by atoms with E-state index in [1.165, 1.54) is 0 Å². The van der Waals surface area contributed by atoms with Gasteiger partial charge in [0.1, 0.15) is 5.75 Å². The standard InChI is InChI=1S/C12H14ClN3O2/c1-17-10-4-2-3-9(7-10)8-14-12-16-15-11(18-12)5-6-13/h2-4,7H,5-6,8H2,1H3,(H,14,16). The number of anilines is 1. The molecule has 0 saturated heterocycles. The van der Waals surface area contributed by atoms with Crippen LogP contribution in [-0.2, 0) is 13.0 Å². The zero-order valence-corrected chi connectivity index (χ0v) is 10.8. The number of alkyl halides is 1. The number of methoxy groups -OCH3 is 1. The third-order valence-corrected chi connectivity index (χ3v) is 2.54. The van der Waals surface area contributed by atoms with Gasteiger partial charge in [0.15, 0.2) is 0 Å². The fourth-order valence-electron chi connectivity index (χ4n) is 1.47. The van der Waals surface area contributed by atoms with E-state index in [0.717, 1.165) is 11.3 Å². The van der Waals surface area contributed by atoms with Crippen LogP contribution in [0.4, 0.5) is 6.01 Å². The lowest BCUT2D eigenvalue weighted by atomic mass is 10.2. The number of nitrogens with one attached hydrogen (secondary N) is 1. The average molecular weight is 268 g/mol. The van der Waals surface area contributed by atoms with Crippen molar-refractivity contribution >= 4 is 17.6 Å². The van der Waals surface area contributed by atoms with Crippen LogP contribution in [0.3, 0.4) is 0 Å². The Bertz CT molecular complexity index is 502. The Kier molecular flexibility index (Phi) is 4.41. The molecule has 2 aromatic rings. The molecule has 1 heterocycles. The van der Waals surface area contributed by atoms with Crippen LogP contribution >= 0.6 is 11.6 Å². The number of rotatable bonds is 6. The molecular formula is C12H14ClN3O2. The fourth-order valence-corrected chi connectivity index (χ4v) is 1.63. The number of hydrogen-bond donors (Lipinski definition) is 1. The first-order valence-electron chi connectivity index (χ1n) is 5.57. The highest BCUT2D eigenvalue weighted by Gasteiger charge is 2.05. The molecule has 0 fully saturated rings. The van der Waals surface area contributed by atoms with Gasteiger partial charge in [-0.05, 0) is 17.7 Å². The summed E-state index contributed by atoms with van der Waals surface area (Å²) in [7, 11) is 1.64. The lowest BCUT2D eigenvalue weighted by Crippen LogP contribution is -1.99. The van der Waals surface area contributed by atoms with Gasteiger partial charge in [0.2, 0.25) is 5.89 Å². The van der Waals surface area contributed by atoms with Crippen molar-refractivity contribution in [2.45, 2.75) is 13.0 Å². The molecule has 0 spiro atoms. The summed E-state index contributed by atoms with van der Waals surface area (Å²) in [6.07, 6.45) is 0.579. The number of aromatic nitrogens is 2. The van der Waals surface area contributed by atoms with E-state index in [4.69, 9.17) is 20.8 Å². The summed E-state index contributed by atoms with van der Waals surface area (Å²) in [5, 5.41) is 10.8. The smallest absolute Gasteiger partial charge is 0.315 e. The van der Waals surface area contributed by atoms with Crippen molar-refractivity contribution in [3.05, 3.63) is 35.7 Å². The largest absolute Gasteiger partial charge is 0.497 e. The Balaban J connectivity index is 1.93. The van der Waals surface area contributed by atoms with Crippen molar-refractivity contribution < 1.29 is 9.15 Å². The number of halogens is 1. The number of nitrogens with zero attached hydrogens (tertiary/aromatic N) is 2. The molecule has 0 aliphatic rings. The van der Waals surface area contributed by atoms with E-state index in [9.17, 15) is 0 Å². The first-order chi connectivity index (χ1) is 8.81. The van der Waals surface area contributed by atoms with Gasteiger partial charge in [-0.1, -0.05) is 17.2 Å². The van der Waals surface area contributed by atoms with Gasteiger partial charge in [-0.15, -0.1) is 16.7 Å². The van der Waals surface area contributed by atoms with Crippen molar-refractivity contribution in [3.63, 3.8) is 0 Å². The van der Waals surface area contributed by atoms with Crippen LogP contribution in [0.15, 0.2) is 28.7 Å². The maximum absolute atomic E-state index is 5.59. The predicted octanol–water partition coefficient (Wildman–Crippen LogP) is 2.47. The van der Waals surface area contributed by atoms with Gasteiger partial charge in [-0.2, -0.15) is 0 Å². The SMILES string of the molecule is COc1cccc(CNc2nnc(CCCl)o2)c1. The van der Waals surface area contributed by atoms with E-state index in [-0.39, 0.29) is 0 Å². The van der Waals surface area contributed by atoms with Gasteiger partial charge < -0.3 is 14.5 Å². The van der Waals surface area contributed by atoms with Gasteiger partial charge >= 0.3 is 6.01 Å². The van der Waals surface area contributed by atoms with E-state index in [1.807, 2.05) is 24.3 Å². The number of ether oxygens (including phenoxy) is 1. The normalized spacial score (nSPS) is 10.3. The Hall–Kier alpha value is -1.75. The van der Waals surface area contributed by atoms with Crippen LogP contribution in [0.1, 0.15) is 11.5 Å². The molecule has 1 aromatic heterocycles. The second-order valence-corrected chi connectivity index (χ2v) is 4.02. The van der Waals surface area contributed by atoms with Crippen molar-refractivity contribution in [3.8, 4) is 5.75 Å². The number of aryl methyl sites for hydroxylation is 1. The zero-order valence-electron chi connectivity index (χ0n) is 10.0. The minimum absolute atomic E-state index is 0.401. The molecule has 18 heavy (non-hydrogen) atoms. The summed E-state index contributed by atoms with van der Waals surface area (Å²) in [5.41, 5.74) is 1.08. The summed E-state index contributed by atoms with van der Waals surface area (Å²) in [6, 6.07) is 8.17. The van der Waals surface area contributed by atoms with Gasteiger partial charge in [-0.25, -0.2) is 0 Å². The maximum atomic E-state index is 5.59. The van der Waals surface area contributed by atoms with Crippen LogP contribution in [0.25, 0.3) is 0 Å². The van der Waals surface area contributed by atoms with Crippen LogP contribution < -0.4 is 10.1 Å². The van der Waals surface area contributed by atoms with Gasteiger partial charge in [-0.3, -0.25) is 0 Å². The third-order valence-electron chi connectivity index (χ3n) is 2.35. The summed E-state index contributed by atoms with van der Waals surface area (Å²) < 4.78 is 10.5. The summed E-state index contributed by atoms with van der Waals surface area (Å²) in [4.78, 5) is 0. The molecule has 1 aromatic carbocycles.